The van der Waals surface area contributed by atoms with Crippen LogP contribution in [-0.4, -0.2) is 0 Å². The number of hydrogen-bond donors (Lipinski definition) is 0. The Morgan fingerprint density at radius 2 is 1.58 bits per heavy atom. The lowest BCUT2D eigenvalue weighted by molar-refractivity contribution is 1.33. The first-order valence-corrected chi connectivity index (χ1v) is 8.59. The molecule has 0 aliphatic carbocycles. The lowest BCUT2D eigenvalue weighted by atomic mass is 10.1. The van der Waals surface area contributed by atoms with Crippen molar-refractivity contribution >= 4 is 23.9 Å². The van der Waals surface area contributed by atoms with Crippen LogP contribution in [0.4, 0.5) is 0 Å². The van der Waals surface area contributed by atoms with Gasteiger partial charge in [-0.2, -0.15) is 5.26 Å². The van der Waals surface area contributed by atoms with Crippen LogP contribution in [-0.2, 0) is 0 Å². The second-order valence-corrected chi connectivity index (χ2v) is 6.61. The maximum Gasteiger partial charge on any atom is 0.101 e. The summed E-state index contributed by atoms with van der Waals surface area (Å²) in [4.78, 5) is 2.12. The summed E-state index contributed by atoms with van der Waals surface area (Å²) in [5.74, 6) is 0. The molecule has 0 saturated carbocycles. The van der Waals surface area contributed by atoms with Gasteiger partial charge in [0.15, 0.2) is 0 Å². The van der Waals surface area contributed by atoms with E-state index in [0.717, 1.165) is 26.5 Å². The fourth-order valence-electron chi connectivity index (χ4n) is 2.38. The molecule has 116 valence electrons. The van der Waals surface area contributed by atoms with Crippen molar-refractivity contribution in [2.75, 3.05) is 0 Å². The highest BCUT2D eigenvalue weighted by Gasteiger charge is 2.07. The Morgan fingerprint density at radius 1 is 0.833 bits per heavy atom. The molecule has 0 radical (unpaired) electrons. The molecule has 0 spiro atoms. The van der Waals surface area contributed by atoms with E-state index in [1.807, 2.05) is 60.7 Å². The second kappa shape index (κ2) is 7.68. The van der Waals surface area contributed by atoms with Gasteiger partial charge >= 0.3 is 0 Å². The van der Waals surface area contributed by atoms with E-state index in [1.54, 1.807) is 11.8 Å². The van der Waals surface area contributed by atoms with Gasteiger partial charge in [-0.05, 0) is 36.2 Å². The molecule has 0 fully saturated rings. The number of rotatable bonds is 4. The molecule has 2 heteroatoms. The summed E-state index contributed by atoms with van der Waals surface area (Å²) in [7, 11) is 0. The van der Waals surface area contributed by atoms with Gasteiger partial charge in [-0.25, -0.2) is 0 Å². The summed E-state index contributed by atoms with van der Waals surface area (Å²) in [5, 5.41) is 9.62. The average molecular weight is 327 g/mol. The summed E-state index contributed by atoms with van der Waals surface area (Å²) in [6, 6.07) is 26.8. The Morgan fingerprint density at radius 3 is 2.29 bits per heavy atom. The smallest absolute Gasteiger partial charge is 0.101 e. The Bertz CT molecular complexity index is 888. The van der Waals surface area contributed by atoms with Crippen LogP contribution in [0.25, 0.3) is 12.2 Å². The Labute approximate surface area is 147 Å². The lowest BCUT2D eigenvalue weighted by Crippen LogP contribution is -1.87. The standard InChI is InChI=1S/C22H17NS/c1-17-10-14-20(15-11-17)24-22-9-5-8-19(21(22)16-23)13-12-18-6-3-2-4-7-18/h2-15H,1H3. The highest BCUT2D eigenvalue weighted by Crippen LogP contribution is 2.32. The van der Waals surface area contributed by atoms with E-state index in [9.17, 15) is 5.26 Å². The van der Waals surface area contributed by atoms with Crippen LogP contribution in [0.15, 0.2) is 82.6 Å². The fraction of sp³-hybridized carbons (Fsp3) is 0.0455. The van der Waals surface area contributed by atoms with Crippen LogP contribution in [0.5, 0.6) is 0 Å². The molecular weight excluding hydrogens is 310 g/mol. The molecule has 3 aromatic rings. The van der Waals surface area contributed by atoms with Gasteiger partial charge in [0.1, 0.15) is 6.07 Å². The zero-order valence-electron chi connectivity index (χ0n) is 13.4. The van der Waals surface area contributed by atoms with Gasteiger partial charge in [0.25, 0.3) is 0 Å². The van der Waals surface area contributed by atoms with Crippen molar-refractivity contribution in [3.63, 3.8) is 0 Å². The predicted molar refractivity (Wildman–Crippen MR) is 102 cm³/mol. The highest BCUT2D eigenvalue weighted by atomic mass is 32.2. The quantitative estimate of drug-likeness (QED) is 0.534. The van der Waals surface area contributed by atoms with Crippen molar-refractivity contribution in [1.29, 1.82) is 5.26 Å². The SMILES string of the molecule is Cc1ccc(Sc2cccc(C=Cc3ccccc3)c2C#N)cc1. The average Bonchev–Trinajstić information content (AvgIpc) is 2.63. The molecule has 0 aliphatic rings. The van der Waals surface area contributed by atoms with Gasteiger partial charge in [-0.1, -0.05) is 84.1 Å². The van der Waals surface area contributed by atoms with E-state index >= 15 is 0 Å². The van der Waals surface area contributed by atoms with Crippen molar-refractivity contribution in [2.45, 2.75) is 16.7 Å². The Balaban J connectivity index is 1.90. The molecule has 0 atom stereocenters. The summed E-state index contributed by atoms with van der Waals surface area (Å²) in [6.07, 6.45) is 4.05. The first-order chi connectivity index (χ1) is 11.8. The molecule has 24 heavy (non-hydrogen) atoms. The van der Waals surface area contributed by atoms with Crippen LogP contribution in [0, 0.1) is 18.3 Å². The Hall–Kier alpha value is -2.76. The lowest BCUT2D eigenvalue weighted by Gasteiger charge is -2.07. The van der Waals surface area contributed by atoms with E-state index in [-0.39, 0.29) is 0 Å². The molecule has 3 aromatic carbocycles. The van der Waals surface area contributed by atoms with Crippen LogP contribution < -0.4 is 0 Å². The molecule has 0 amide bonds. The molecule has 0 heterocycles. The van der Waals surface area contributed by atoms with Gasteiger partial charge in [0.2, 0.25) is 0 Å². The topological polar surface area (TPSA) is 23.8 Å². The fourth-order valence-corrected chi connectivity index (χ4v) is 3.31. The maximum absolute atomic E-state index is 9.62. The first-order valence-electron chi connectivity index (χ1n) is 7.77. The number of nitriles is 1. The molecule has 0 aliphatic heterocycles. The molecular formula is C22H17NS. The minimum absolute atomic E-state index is 0.718. The summed E-state index contributed by atoms with van der Waals surface area (Å²) < 4.78 is 0. The molecule has 0 unspecified atom stereocenters. The molecule has 0 N–H and O–H groups in total. The third kappa shape index (κ3) is 3.95. The van der Waals surface area contributed by atoms with Gasteiger partial charge in [-0.15, -0.1) is 0 Å². The predicted octanol–water partition coefficient (Wildman–Crippen LogP) is 6.19. The van der Waals surface area contributed by atoms with Crippen molar-refractivity contribution < 1.29 is 0 Å². The largest absolute Gasteiger partial charge is 0.192 e. The van der Waals surface area contributed by atoms with Gasteiger partial charge in [0.05, 0.1) is 5.56 Å². The number of nitrogens with zero attached hydrogens (tertiary/aromatic N) is 1. The van der Waals surface area contributed by atoms with Crippen molar-refractivity contribution in [1.82, 2.24) is 0 Å². The number of benzene rings is 3. The van der Waals surface area contributed by atoms with Crippen molar-refractivity contribution in [3.05, 3.63) is 95.1 Å². The van der Waals surface area contributed by atoms with Crippen LogP contribution in [0.1, 0.15) is 22.3 Å². The molecule has 1 nitrogen and oxygen atoms in total. The second-order valence-electron chi connectivity index (χ2n) is 5.49. The van der Waals surface area contributed by atoms with Gasteiger partial charge in [0, 0.05) is 9.79 Å². The van der Waals surface area contributed by atoms with Gasteiger partial charge in [-0.3, -0.25) is 0 Å². The molecule has 0 aromatic heterocycles. The van der Waals surface area contributed by atoms with Crippen LogP contribution in [0.2, 0.25) is 0 Å². The normalized spacial score (nSPS) is 10.7. The molecule has 3 rings (SSSR count). The monoisotopic (exact) mass is 327 g/mol. The van der Waals surface area contributed by atoms with E-state index in [1.165, 1.54) is 5.56 Å². The van der Waals surface area contributed by atoms with Crippen molar-refractivity contribution in [2.24, 2.45) is 0 Å². The molecule has 0 saturated heterocycles. The minimum atomic E-state index is 0.718. The number of hydrogen-bond acceptors (Lipinski definition) is 2. The van der Waals surface area contributed by atoms with Gasteiger partial charge < -0.3 is 0 Å². The van der Waals surface area contributed by atoms with Crippen LogP contribution in [0.3, 0.4) is 0 Å². The van der Waals surface area contributed by atoms with E-state index in [2.05, 4.69) is 37.3 Å². The van der Waals surface area contributed by atoms with E-state index in [4.69, 9.17) is 0 Å². The highest BCUT2D eigenvalue weighted by molar-refractivity contribution is 7.99. The number of aryl methyl sites for hydroxylation is 1. The van der Waals surface area contributed by atoms with Crippen LogP contribution >= 0.6 is 11.8 Å². The Kier molecular flexibility index (Phi) is 5.15. The van der Waals surface area contributed by atoms with Crippen molar-refractivity contribution in [3.8, 4) is 6.07 Å². The third-order valence-electron chi connectivity index (χ3n) is 3.67. The third-order valence-corrected chi connectivity index (χ3v) is 4.74. The van der Waals surface area contributed by atoms with E-state index < -0.39 is 0 Å². The summed E-state index contributed by atoms with van der Waals surface area (Å²) in [5.41, 5.74) is 4.02. The first kappa shape index (κ1) is 16.1. The minimum Gasteiger partial charge on any atom is -0.192 e. The summed E-state index contributed by atoms with van der Waals surface area (Å²) >= 11 is 1.63. The zero-order chi connectivity index (χ0) is 16.8. The summed E-state index contributed by atoms with van der Waals surface area (Å²) in [6.45, 7) is 2.07. The zero-order valence-corrected chi connectivity index (χ0v) is 14.3. The van der Waals surface area contributed by atoms with E-state index in [0.29, 0.717) is 0 Å². The maximum atomic E-state index is 9.62. The molecule has 0 bridgehead atoms.